The maximum Gasteiger partial charge on any atom is 0.0619 e. The van der Waals surface area contributed by atoms with E-state index in [0.29, 0.717) is 12.0 Å². The molecule has 0 aromatic rings. The molecule has 1 aliphatic carbocycles. The molecule has 14 heavy (non-hydrogen) atoms. The minimum atomic E-state index is 0.268. The largest absolute Gasteiger partial charge is 0.378 e. The Morgan fingerprint density at radius 3 is 3.14 bits per heavy atom. The van der Waals surface area contributed by atoms with Crippen molar-refractivity contribution < 1.29 is 4.74 Å². The van der Waals surface area contributed by atoms with E-state index in [-0.39, 0.29) is 6.04 Å². The topological polar surface area (TPSA) is 35.2 Å². The summed E-state index contributed by atoms with van der Waals surface area (Å²) >= 11 is 0. The average Bonchev–Trinajstić information content (AvgIpc) is 2.87. The summed E-state index contributed by atoms with van der Waals surface area (Å²) in [6, 6.07) is 0.268. The van der Waals surface area contributed by atoms with Crippen LogP contribution in [-0.4, -0.2) is 18.8 Å². The number of allylic oxidation sites excluding steroid dienone is 1. The number of hydrogen-bond acceptors (Lipinski definition) is 2. The second-order valence-corrected chi connectivity index (χ2v) is 4.47. The molecule has 1 aliphatic heterocycles. The third-order valence-electron chi connectivity index (χ3n) is 3.63. The molecule has 2 heteroatoms. The summed E-state index contributed by atoms with van der Waals surface area (Å²) in [5.74, 6) is 0.573. The zero-order chi connectivity index (χ0) is 9.97. The van der Waals surface area contributed by atoms with Gasteiger partial charge in [0.1, 0.15) is 0 Å². The van der Waals surface area contributed by atoms with E-state index in [1.807, 2.05) is 0 Å². The van der Waals surface area contributed by atoms with Gasteiger partial charge in [-0.2, -0.15) is 0 Å². The predicted octanol–water partition coefficient (Wildman–Crippen LogP) is 2.24. The van der Waals surface area contributed by atoms with Crippen LogP contribution < -0.4 is 5.73 Å². The van der Waals surface area contributed by atoms with Crippen molar-refractivity contribution in [3.63, 3.8) is 0 Å². The van der Waals surface area contributed by atoms with Gasteiger partial charge in [-0.3, -0.25) is 0 Å². The van der Waals surface area contributed by atoms with E-state index in [4.69, 9.17) is 10.5 Å². The van der Waals surface area contributed by atoms with E-state index in [1.165, 1.54) is 24.8 Å². The van der Waals surface area contributed by atoms with Crippen LogP contribution in [0.4, 0.5) is 0 Å². The van der Waals surface area contributed by atoms with Crippen LogP contribution in [0, 0.1) is 5.92 Å². The lowest BCUT2D eigenvalue weighted by molar-refractivity contribution is 0.0838. The van der Waals surface area contributed by atoms with Crippen molar-refractivity contribution in [3.8, 4) is 0 Å². The highest BCUT2D eigenvalue weighted by molar-refractivity contribution is 5.16. The maximum atomic E-state index is 6.30. The summed E-state index contributed by atoms with van der Waals surface area (Å²) in [6.45, 7) is 3.10. The van der Waals surface area contributed by atoms with Crippen LogP contribution >= 0.6 is 0 Å². The molecule has 3 unspecified atom stereocenters. The summed E-state index contributed by atoms with van der Waals surface area (Å²) in [5, 5.41) is 0. The van der Waals surface area contributed by atoms with E-state index >= 15 is 0 Å². The summed E-state index contributed by atoms with van der Waals surface area (Å²) in [7, 11) is 0. The molecule has 2 N–H and O–H groups in total. The van der Waals surface area contributed by atoms with E-state index in [2.05, 4.69) is 13.0 Å². The third kappa shape index (κ3) is 1.86. The summed E-state index contributed by atoms with van der Waals surface area (Å²) in [5.41, 5.74) is 7.79. The normalized spacial score (nSPS) is 34.6. The molecule has 1 fully saturated rings. The number of hydrogen-bond donors (Lipinski definition) is 1. The van der Waals surface area contributed by atoms with Crippen LogP contribution in [0.3, 0.4) is 0 Å². The fourth-order valence-corrected chi connectivity index (χ4v) is 2.77. The van der Waals surface area contributed by atoms with E-state index in [9.17, 15) is 0 Å². The Kier molecular flexibility index (Phi) is 3.24. The Bertz CT molecular complexity index is 224. The standard InChI is InChI=1S/C12H21NO/c1-2-11-10(7-8-14-11)12(13)9-5-3-4-6-9/h5,10-12H,2-4,6-8,13H2,1H3. The van der Waals surface area contributed by atoms with Crippen molar-refractivity contribution in [2.24, 2.45) is 11.7 Å². The lowest BCUT2D eigenvalue weighted by Crippen LogP contribution is -2.36. The molecular formula is C12H21NO. The van der Waals surface area contributed by atoms with Crippen molar-refractivity contribution in [1.82, 2.24) is 0 Å². The number of nitrogens with two attached hydrogens (primary N) is 1. The molecule has 1 saturated heterocycles. The molecule has 2 nitrogen and oxygen atoms in total. The van der Waals surface area contributed by atoms with Gasteiger partial charge in [-0.25, -0.2) is 0 Å². The second-order valence-electron chi connectivity index (χ2n) is 4.47. The molecule has 2 aliphatic rings. The summed E-state index contributed by atoms with van der Waals surface area (Å²) in [4.78, 5) is 0. The molecule has 3 atom stereocenters. The van der Waals surface area contributed by atoms with Crippen molar-refractivity contribution >= 4 is 0 Å². The number of ether oxygens (including phenoxy) is 1. The fraction of sp³-hybridized carbons (Fsp3) is 0.833. The van der Waals surface area contributed by atoms with Crippen molar-refractivity contribution in [2.75, 3.05) is 6.61 Å². The van der Waals surface area contributed by atoms with Gasteiger partial charge >= 0.3 is 0 Å². The lowest BCUT2D eigenvalue weighted by atomic mass is 9.87. The summed E-state index contributed by atoms with van der Waals surface area (Å²) < 4.78 is 5.69. The van der Waals surface area contributed by atoms with Crippen LogP contribution in [0.15, 0.2) is 11.6 Å². The van der Waals surface area contributed by atoms with Crippen LogP contribution in [0.2, 0.25) is 0 Å². The Labute approximate surface area is 86.5 Å². The van der Waals surface area contributed by atoms with Gasteiger partial charge in [-0.05, 0) is 32.1 Å². The van der Waals surface area contributed by atoms with Crippen LogP contribution in [0.5, 0.6) is 0 Å². The van der Waals surface area contributed by atoms with Gasteiger partial charge < -0.3 is 10.5 Å². The Hall–Kier alpha value is -0.340. The van der Waals surface area contributed by atoms with Crippen molar-refractivity contribution in [1.29, 1.82) is 0 Å². The Morgan fingerprint density at radius 1 is 1.64 bits per heavy atom. The monoisotopic (exact) mass is 195 g/mol. The van der Waals surface area contributed by atoms with Gasteiger partial charge in [0.15, 0.2) is 0 Å². The molecule has 0 aromatic heterocycles. The molecular weight excluding hydrogens is 174 g/mol. The highest BCUT2D eigenvalue weighted by atomic mass is 16.5. The molecule has 0 saturated carbocycles. The first-order valence-corrected chi connectivity index (χ1v) is 5.89. The third-order valence-corrected chi connectivity index (χ3v) is 3.63. The Morgan fingerprint density at radius 2 is 2.50 bits per heavy atom. The molecule has 0 aromatic carbocycles. The van der Waals surface area contributed by atoms with Crippen LogP contribution in [0.25, 0.3) is 0 Å². The Balaban J connectivity index is 1.99. The quantitative estimate of drug-likeness (QED) is 0.701. The van der Waals surface area contributed by atoms with Crippen molar-refractivity contribution in [3.05, 3.63) is 11.6 Å². The number of rotatable bonds is 3. The molecule has 2 rings (SSSR count). The second kappa shape index (κ2) is 4.45. The van der Waals surface area contributed by atoms with E-state index < -0.39 is 0 Å². The van der Waals surface area contributed by atoms with E-state index in [0.717, 1.165) is 19.4 Å². The highest BCUT2D eigenvalue weighted by Gasteiger charge is 2.33. The van der Waals surface area contributed by atoms with Gasteiger partial charge in [0, 0.05) is 18.6 Å². The highest BCUT2D eigenvalue weighted by Crippen LogP contribution is 2.32. The molecule has 1 heterocycles. The molecule has 0 bridgehead atoms. The van der Waals surface area contributed by atoms with Crippen LogP contribution in [-0.2, 0) is 4.74 Å². The van der Waals surface area contributed by atoms with Crippen molar-refractivity contribution in [2.45, 2.75) is 51.2 Å². The first-order valence-electron chi connectivity index (χ1n) is 5.89. The van der Waals surface area contributed by atoms with Gasteiger partial charge in [-0.15, -0.1) is 0 Å². The van der Waals surface area contributed by atoms with Gasteiger partial charge in [0.2, 0.25) is 0 Å². The molecule has 0 spiro atoms. The predicted molar refractivity (Wildman–Crippen MR) is 58.0 cm³/mol. The van der Waals surface area contributed by atoms with E-state index in [1.54, 1.807) is 0 Å². The van der Waals surface area contributed by atoms with Gasteiger partial charge in [0.05, 0.1) is 6.10 Å². The molecule has 80 valence electrons. The average molecular weight is 195 g/mol. The molecule has 0 radical (unpaired) electrons. The lowest BCUT2D eigenvalue weighted by Gasteiger charge is -2.24. The van der Waals surface area contributed by atoms with Crippen LogP contribution in [0.1, 0.15) is 39.0 Å². The summed E-state index contributed by atoms with van der Waals surface area (Å²) in [6.07, 6.45) is 8.75. The van der Waals surface area contributed by atoms with Gasteiger partial charge in [-0.1, -0.05) is 18.6 Å². The first kappa shape index (κ1) is 10.2. The minimum Gasteiger partial charge on any atom is -0.378 e. The minimum absolute atomic E-state index is 0.268. The van der Waals surface area contributed by atoms with Gasteiger partial charge in [0.25, 0.3) is 0 Å². The SMILES string of the molecule is CCC1OCCC1C(N)C1=CCCC1. The smallest absolute Gasteiger partial charge is 0.0619 e. The maximum absolute atomic E-state index is 6.30. The fourth-order valence-electron chi connectivity index (χ4n) is 2.77. The zero-order valence-corrected chi connectivity index (χ0v) is 9.04. The molecule has 0 amide bonds. The first-order chi connectivity index (χ1) is 6.83. The zero-order valence-electron chi connectivity index (χ0n) is 9.04.